The van der Waals surface area contributed by atoms with Crippen molar-refractivity contribution in [1.29, 1.82) is 0 Å². The van der Waals surface area contributed by atoms with Crippen LogP contribution in [-0.2, 0) is 14.6 Å². The molecule has 2 aliphatic rings. The first kappa shape index (κ1) is 17.8. The van der Waals surface area contributed by atoms with Crippen LogP contribution in [0.15, 0.2) is 29.2 Å². The van der Waals surface area contributed by atoms with Crippen molar-refractivity contribution in [3.63, 3.8) is 0 Å². The topological polar surface area (TPSA) is 66.5 Å². The molecule has 1 aromatic carbocycles. The van der Waals surface area contributed by atoms with Gasteiger partial charge in [-0.15, -0.1) is 11.8 Å². The Bertz CT molecular complexity index is 654. The molecule has 0 bridgehead atoms. The van der Waals surface area contributed by atoms with Gasteiger partial charge in [0.1, 0.15) is 0 Å². The highest BCUT2D eigenvalue weighted by molar-refractivity contribution is 8.00. The molecule has 0 radical (unpaired) electrons. The fraction of sp³-hybridized carbons (Fsp3) is 0.588. The third-order valence-corrected chi connectivity index (χ3v) is 7.51. The minimum absolute atomic E-state index is 0.0921. The Morgan fingerprint density at radius 2 is 1.75 bits per heavy atom. The summed E-state index contributed by atoms with van der Waals surface area (Å²) in [5.41, 5.74) is 0.792. The maximum Gasteiger partial charge on any atom is 0.238 e. The molecule has 1 saturated heterocycles. The number of thioether (sulfide) groups is 1. The van der Waals surface area contributed by atoms with Crippen molar-refractivity contribution < 1.29 is 13.2 Å². The molecular formula is C17H24N2O3S2. The van der Waals surface area contributed by atoms with Crippen LogP contribution < -0.4 is 5.32 Å². The summed E-state index contributed by atoms with van der Waals surface area (Å²) in [5, 5.41) is 3.63. The van der Waals surface area contributed by atoms with E-state index < -0.39 is 9.84 Å². The fourth-order valence-corrected chi connectivity index (χ4v) is 5.65. The molecule has 0 aromatic heterocycles. The predicted octanol–water partition coefficient (Wildman–Crippen LogP) is 2.39. The van der Waals surface area contributed by atoms with Gasteiger partial charge in [0.25, 0.3) is 0 Å². The molecule has 5 nitrogen and oxygen atoms in total. The summed E-state index contributed by atoms with van der Waals surface area (Å²) in [6.07, 6.45) is 5.27. The third kappa shape index (κ3) is 5.22. The van der Waals surface area contributed by atoms with Gasteiger partial charge in [-0.05, 0) is 37.1 Å². The maximum absolute atomic E-state index is 12.1. The van der Waals surface area contributed by atoms with Gasteiger partial charge in [-0.1, -0.05) is 12.8 Å². The maximum atomic E-state index is 12.1. The molecule has 0 atom stereocenters. The Kier molecular flexibility index (Phi) is 5.84. The minimum atomic E-state index is -2.90. The number of hydrogen-bond acceptors (Lipinski definition) is 5. The molecule has 0 unspecified atom stereocenters. The van der Waals surface area contributed by atoms with Crippen molar-refractivity contribution >= 4 is 33.2 Å². The van der Waals surface area contributed by atoms with Gasteiger partial charge in [0.05, 0.1) is 18.1 Å². The standard InChI is InChI=1S/C17H24N2O3S2/c20-17(13-19-9-11-24(21,22)12-10-19)18-14-5-7-16(8-6-14)23-15-3-1-2-4-15/h5-8,15H,1-4,9-13H2,(H,18,20). The number of nitrogens with one attached hydrogen (secondary N) is 1. The number of anilines is 1. The number of nitrogens with zero attached hydrogens (tertiary/aromatic N) is 1. The molecule has 0 spiro atoms. The van der Waals surface area contributed by atoms with E-state index in [4.69, 9.17) is 0 Å². The minimum Gasteiger partial charge on any atom is -0.325 e. The molecule has 2 fully saturated rings. The highest BCUT2D eigenvalue weighted by Gasteiger charge is 2.23. The SMILES string of the molecule is O=C(CN1CCS(=O)(=O)CC1)Nc1ccc(SC2CCCC2)cc1. The summed E-state index contributed by atoms with van der Waals surface area (Å²) in [6.45, 7) is 1.12. The fourth-order valence-electron chi connectivity index (χ4n) is 3.13. The molecule has 1 aliphatic heterocycles. The average molecular weight is 369 g/mol. The van der Waals surface area contributed by atoms with Crippen LogP contribution in [0.2, 0.25) is 0 Å². The van der Waals surface area contributed by atoms with Gasteiger partial charge in [0, 0.05) is 28.9 Å². The van der Waals surface area contributed by atoms with Gasteiger partial charge >= 0.3 is 0 Å². The Balaban J connectivity index is 1.46. The van der Waals surface area contributed by atoms with Crippen LogP contribution in [0.25, 0.3) is 0 Å². The number of carbonyl (C=O) groups is 1. The smallest absolute Gasteiger partial charge is 0.238 e. The van der Waals surface area contributed by atoms with Crippen molar-refractivity contribution in [2.24, 2.45) is 0 Å². The summed E-state index contributed by atoms with van der Waals surface area (Å²) >= 11 is 1.93. The van der Waals surface area contributed by atoms with Gasteiger partial charge < -0.3 is 5.32 Å². The number of amides is 1. The lowest BCUT2D eigenvalue weighted by atomic mass is 10.3. The van der Waals surface area contributed by atoms with E-state index in [2.05, 4.69) is 17.4 Å². The van der Waals surface area contributed by atoms with E-state index in [1.165, 1.54) is 30.6 Å². The lowest BCUT2D eigenvalue weighted by Crippen LogP contribution is -2.43. The van der Waals surface area contributed by atoms with E-state index in [0.29, 0.717) is 13.1 Å². The second kappa shape index (κ2) is 7.89. The third-order valence-electron chi connectivity index (χ3n) is 4.55. The largest absolute Gasteiger partial charge is 0.325 e. The van der Waals surface area contributed by atoms with E-state index in [1.807, 2.05) is 28.8 Å². The second-order valence-corrected chi connectivity index (χ2v) is 10.2. The molecule has 132 valence electrons. The van der Waals surface area contributed by atoms with Crippen molar-refractivity contribution in [1.82, 2.24) is 4.90 Å². The molecule has 1 aliphatic carbocycles. The first-order valence-corrected chi connectivity index (χ1v) is 11.2. The Labute approximate surface area is 148 Å². The van der Waals surface area contributed by atoms with Crippen LogP contribution in [0.1, 0.15) is 25.7 Å². The zero-order chi connectivity index (χ0) is 17.0. The van der Waals surface area contributed by atoms with Crippen molar-refractivity contribution in [3.8, 4) is 0 Å². The van der Waals surface area contributed by atoms with Gasteiger partial charge in [0.15, 0.2) is 9.84 Å². The first-order valence-electron chi connectivity index (χ1n) is 8.49. The normalized spacial score (nSPS) is 21.7. The molecule has 1 aromatic rings. The van der Waals surface area contributed by atoms with Crippen molar-refractivity contribution in [3.05, 3.63) is 24.3 Å². The van der Waals surface area contributed by atoms with Crippen molar-refractivity contribution in [2.45, 2.75) is 35.8 Å². The highest BCUT2D eigenvalue weighted by atomic mass is 32.2. The first-order chi connectivity index (χ1) is 11.5. The van der Waals surface area contributed by atoms with Gasteiger partial charge in [-0.3, -0.25) is 9.69 Å². The van der Waals surface area contributed by atoms with Crippen molar-refractivity contribution in [2.75, 3.05) is 36.5 Å². The van der Waals surface area contributed by atoms with E-state index in [-0.39, 0.29) is 24.0 Å². The summed E-state index contributed by atoms with van der Waals surface area (Å²) in [4.78, 5) is 15.2. The molecular weight excluding hydrogens is 344 g/mol. The Morgan fingerprint density at radius 3 is 2.38 bits per heavy atom. The lowest BCUT2D eigenvalue weighted by Gasteiger charge is -2.25. The van der Waals surface area contributed by atoms with Crippen LogP contribution in [0.4, 0.5) is 5.69 Å². The highest BCUT2D eigenvalue weighted by Crippen LogP contribution is 2.34. The second-order valence-electron chi connectivity index (χ2n) is 6.52. The summed E-state index contributed by atoms with van der Waals surface area (Å²) in [7, 11) is -2.90. The molecule has 24 heavy (non-hydrogen) atoms. The van der Waals surface area contributed by atoms with Crippen LogP contribution in [-0.4, -0.2) is 55.6 Å². The molecule has 3 rings (SSSR count). The van der Waals surface area contributed by atoms with Crippen LogP contribution in [0, 0.1) is 0 Å². The van der Waals surface area contributed by atoms with Crippen LogP contribution in [0.3, 0.4) is 0 Å². The summed E-state index contributed by atoms with van der Waals surface area (Å²) < 4.78 is 22.8. The zero-order valence-corrected chi connectivity index (χ0v) is 15.4. The number of benzene rings is 1. The Hall–Kier alpha value is -1.05. The van der Waals surface area contributed by atoms with Gasteiger partial charge in [-0.25, -0.2) is 8.42 Å². The zero-order valence-electron chi connectivity index (χ0n) is 13.7. The van der Waals surface area contributed by atoms with E-state index in [0.717, 1.165) is 10.9 Å². The van der Waals surface area contributed by atoms with Crippen LogP contribution in [0.5, 0.6) is 0 Å². The Morgan fingerprint density at radius 1 is 1.12 bits per heavy atom. The van der Waals surface area contributed by atoms with E-state index in [1.54, 1.807) is 0 Å². The quantitative estimate of drug-likeness (QED) is 0.864. The van der Waals surface area contributed by atoms with Gasteiger partial charge in [-0.2, -0.15) is 0 Å². The van der Waals surface area contributed by atoms with Crippen LogP contribution >= 0.6 is 11.8 Å². The van der Waals surface area contributed by atoms with E-state index >= 15 is 0 Å². The number of hydrogen-bond donors (Lipinski definition) is 1. The number of rotatable bonds is 5. The molecule has 1 amide bonds. The average Bonchev–Trinajstić information content (AvgIpc) is 3.04. The molecule has 7 heteroatoms. The number of sulfone groups is 1. The van der Waals surface area contributed by atoms with Gasteiger partial charge in [0.2, 0.25) is 5.91 Å². The monoisotopic (exact) mass is 368 g/mol. The van der Waals surface area contributed by atoms with E-state index in [9.17, 15) is 13.2 Å². The predicted molar refractivity (Wildman–Crippen MR) is 98.3 cm³/mol. The lowest BCUT2D eigenvalue weighted by molar-refractivity contribution is -0.117. The number of carbonyl (C=O) groups excluding carboxylic acids is 1. The molecule has 1 N–H and O–H groups in total. The molecule has 1 saturated carbocycles. The summed E-state index contributed by atoms with van der Waals surface area (Å²) in [5.74, 6) is 0.200. The molecule has 1 heterocycles. The summed E-state index contributed by atoms with van der Waals surface area (Å²) in [6, 6.07) is 8.00.